The van der Waals surface area contributed by atoms with Crippen molar-refractivity contribution in [1.29, 1.82) is 0 Å². The Balaban J connectivity index is 1.04. The van der Waals surface area contributed by atoms with Crippen molar-refractivity contribution in [3.63, 3.8) is 0 Å². The number of amides is 3. The van der Waals surface area contributed by atoms with Gasteiger partial charge in [-0.2, -0.15) is 0 Å². The number of hydrogen-bond acceptors (Lipinski definition) is 4. The van der Waals surface area contributed by atoms with Crippen LogP contribution < -0.4 is 15.5 Å². The van der Waals surface area contributed by atoms with E-state index in [1.54, 1.807) is 0 Å². The van der Waals surface area contributed by atoms with Crippen LogP contribution in [0.5, 0.6) is 0 Å². The summed E-state index contributed by atoms with van der Waals surface area (Å²) in [5.41, 5.74) is 1.08. The van der Waals surface area contributed by atoms with E-state index in [1.165, 1.54) is 31.4 Å². The maximum absolute atomic E-state index is 13.1. The third-order valence-corrected chi connectivity index (χ3v) is 7.85. The molecule has 4 rings (SSSR count). The summed E-state index contributed by atoms with van der Waals surface area (Å²) in [6, 6.07) is 7.15. The predicted molar refractivity (Wildman–Crippen MR) is 137 cm³/mol. The molecule has 0 spiro atoms. The summed E-state index contributed by atoms with van der Waals surface area (Å²) in [4.78, 5) is 31.6. The highest BCUT2D eigenvalue weighted by atomic mass is 19.1. The topological polar surface area (TPSA) is 67.9 Å². The lowest BCUT2D eigenvalue weighted by atomic mass is 9.93. The fourth-order valence-electron chi connectivity index (χ4n) is 5.60. The zero-order valence-corrected chi connectivity index (χ0v) is 21.0. The summed E-state index contributed by atoms with van der Waals surface area (Å²) in [6.45, 7) is 7.04. The van der Waals surface area contributed by atoms with Crippen molar-refractivity contribution in [2.45, 2.75) is 63.8 Å². The Morgan fingerprint density at radius 2 is 1.57 bits per heavy atom. The van der Waals surface area contributed by atoms with Crippen LogP contribution in [-0.4, -0.2) is 80.1 Å². The van der Waals surface area contributed by atoms with E-state index in [0.29, 0.717) is 24.9 Å². The van der Waals surface area contributed by atoms with Gasteiger partial charge in [0.2, 0.25) is 5.91 Å². The van der Waals surface area contributed by atoms with Crippen molar-refractivity contribution in [3.05, 3.63) is 30.1 Å². The number of benzene rings is 1. The fraction of sp³-hybridized carbons (Fsp3) is 0.704. The molecule has 0 radical (unpaired) electrons. The molecule has 3 fully saturated rings. The third-order valence-electron chi connectivity index (χ3n) is 7.85. The number of hydrogen-bond donors (Lipinski definition) is 2. The Hall–Kier alpha value is -2.35. The molecular formula is C27H42FN5O2. The Bertz CT molecular complexity index is 798. The molecule has 2 saturated heterocycles. The minimum absolute atomic E-state index is 0.0818. The summed E-state index contributed by atoms with van der Waals surface area (Å²) in [7, 11) is 0. The van der Waals surface area contributed by atoms with Crippen molar-refractivity contribution in [2.24, 2.45) is 5.92 Å². The van der Waals surface area contributed by atoms with Crippen LogP contribution in [0.25, 0.3) is 0 Å². The van der Waals surface area contributed by atoms with Gasteiger partial charge >= 0.3 is 6.03 Å². The van der Waals surface area contributed by atoms with E-state index >= 15 is 0 Å². The van der Waals surface area contributed by atoms with E-state index in [9.17, 15) is 14.0 Å². The van der Waals surface area contributed by atoms with E-state index in [4.69, 9.17) is 0 Å². The zero-order chi connectivity index (χ0) is 24.5. The summed E-state index contributed by atoms with van der Waals surface area (Å²) in [6.07, 6.45) is 9.26. The maximum atomic E-state index is 13.1. The molecular weight excluding hydrogens is 445 g/mol. The van der Waals surface area contributed by atoms with Crippen molar-refractivity contribution >= 4 is 17.6 Å². The van der Waals surface area contributed by atoms with Crippen LogP contribution in [0.3, 0.4) is 0 Å². The molecule has 3 aliphatic rings. The highest BCUT2D eigenvalue weighted by Gasteiger charge is 2.26. The van der Waals surface area contributed by atoms with Crippen molar-refractivity contribution in [3.8, 4) is 0 Å². The minimum atomic E-state index is -0.197. The summed E-state index contributed by atoms with van der Waals surface area (Å²) >= 11 is 0. The van der Waals surface area contributed by atoms with Crippen LogP contribution in [0.15, 0.2) is 24.3 Å². The van der Waals surface area contributed by atoms with Gasteiger partial charge in [-0.1, -0.05) is 19.3 Å². The summed E-state index contributed by atoms with van der Waals surface area (Å²) < 4.78 is 13.1. The Morgan fingerprint density at radius 3 is 2.26 bits per heavy atom. The first-order valence-electron chi connectivity index (χ1n) is 13.6. The average molecular weight is 488 g/mol. The molecule has 2 aliphatic heterocycles. The molecule has 0 aromatic heterocycles. The van der Waals surface area contributed by atoms with Gasteiger partial charge in [-0.05, 0) is 68.8 Å². The lowest BCUT2D eigenvalue weighted by molar-refractivity contribution is -0.122. The van der Waals surface area contributed by atoms with E-state index in [2.05, 4.69) is 20.4 Å². The third kappa shape index (κ3) is 8.09. The van der Waals surface area contributed by atoms with E-state index in [1.807, 2.05) is 17.0 Å². The first-order valence-corrected chi connectivity index (χ1v) is 13.6. The number of nitrogens with zero attached hydrogens (tertiary/aromatic N) is 3. The molecule has 194 valence electrons. The number of piperazine rings is 1. The van der Waals surface area contributed by atoms with Gasteiger partial charge in [-0.3, -0.25) is 9.69 Å². The number of carbonyl (C=O) groups excluding carboxylic acids is 2. The molecule has 2 N–H and O–H groups in total. The maximum Gasteiger partial charge on any atom is 0.317 e. The van der Waals surface area contributed by atoms with E-state index in [0.717, 1.165) is 83.6 Å². The molecule has 1 saturated carbocycles. The highest BCUT2D eigenvalue weighted by Crippen LogP contribution is 2.22. The molecule has 1 aromatic rings. The second kappa shape index (κ2) is 13.1. The Labute approximate surface area is 209 Å². The van der Waals surface area contributed by atoms with Crippen molar-refractivity contribution in [2.75, 3.05) is 57.3 Å². The van der Waals surface area contributed by atoms with Crippen molar-refractivity contribution in [1.82, 2.24) is 20.4 Å². The lowest BCUT2D eigenvalue weighted by Gasteiger charge is -2.36. The van der Waals surface area contributed by atoms with Crippen LogP contribution in [-0.2, 0) is 4.79 Å². The lowest BCUT2D eigenvalue weighted by Crippen LogP contribution is -2.48. The van der Waals surface area contributed by atoms with E-state index < -0.39 is 0 Å². The molecule has 0 unspecified atom stereocenters. The van der Waals surface area contributed by atoms with Crippen LogP contribution >= 0.6 is 0 Å². The molecule has 1 aromatic carbocycles. The van der Waals surface area contributed by atoms with Gasteiger partial charge in [0.1, 0.15) is 5.82 Å². The number of nitrogens with one attached hydrogen (secondary N) is 2. The molecule has 8 heteroatoms. The Kier molecular flexibility index (Phi) is 9.63. The van der Waals surface area contributed by atoms with Crippen LogP contribution in [0.4, 0.5) is 14.9 Å². The van der Waals surface area contributed by atoms with Gasteiger partial charge in [0.15, 0.2) is 0 Å². The van der Waals surface area contributed by atoms with Crippen LogP contribution in [0, 0.1) is 11.7 Å². The van der Waals surface area contributed by atoms with Gasteiger partial charge < -0.3 is 20.4 Å². The standard InChI is InChI=1S/C27H42FN5O2/c28-23-7-9-25(10-8-23)32-19-17-31(18-20-32)14-4-13-29-26(34)21-22-11-15-33(16-12-22)27(35)30-24-5-2-1-3-6-24/h7-10,22,24H,1-6,11-21H2,(H,29,34)(H,30,35). The SMILES string of the molecule is O=C(CC1CCN(C(=O)NC2CCCCC2)CC1)NCCCN1CCN(c2ccc(F)cc2)CC1. The minimum Gasteiger partial charge on any atom is -0.369 e. The monoisotopic (exact) mass is 487 g/mol. The largest absolute Gasteiger partial charge is 0.369 e. The van der Waals surface area contributed by atoms with Gasteiger partial charge in [0, 0.05) is 64.0 Å². The predicted octanol–water partition coefficient (Wildman–Crippen LogP) is 3.60. The zero-order valence-electron chi connectivity index (χ0n) is 21.0. The summed E-state index contributed by atoms with van der Waals surface area (Å²) in [5, 5.41) is 6.30. The molecule has 7 nitrogen and oxygen atoms in total. The molecule has 35 heavy (non-hydrogen) atoms. The number of piperidine rings is 1. The second-order valence-corrected chi connectivity index (χ2v) is 10.4. The number of halogens is 1. The fourth-order valence-corrected chi connectivity index (χ4v) is 5.60. The average Bonchev–Trinajstić information content (AvgIpc) is 2.88. The number of urea groups is 1. The number of anilines is 1. The highest BCUT2D eigenvalue weighted by molar-refractivity contribution is 5.76. The van der Waals surface area contributed by atoms with E-state index in [-0.39, 0.29) is 17.8 Å². The smallest absolute Gasteiger partial charge is 0.317 e. The second-order valence-electron chi connectivity index (χ2n) is 10.4. The number of carbonyl (C=O) groups is 2. The molecule has 3 amide bonds. The molecule has 2 heterocycles. The van der Waals surface area contributed by atoms with Crippen molar-refractivity contribution < 1.29 is 14.0 Å². The van der Waals surface area contributed by atoms with Gasteiger partial charge in [-0.25, -0.2) is 9.18 Å². The first kappa shape index (κ1) is 25.7. The van der Waals surface area contributed by atoms with Gasteiger partial charge in [0.05, 0.1) is 0 Å². The molecule has 1 aliphatic carbocycles. The quantitative estimate of drug-likeness (QED) is 0.550. The normalized spacial score (nSPS) is 20.6. The number of rotatable bonds is 8. The molecule has 0 bridgehead atoms. The molecule has 0 atom stereocenters. The summed E-state index contributed by atoms with van der Waals surface area (Å²) in [5.74, 6) is 0.307. The van der Waals surface area contributed by atoms with Gasteiger partial charge in [-0.15, -0.1) is 0 Å². The van der Waals surface area contributed by atoms with Gasteiger partial charge in [0.25, 0.3) is 0 Å². The Morgan fingerprint density at radius 1 is 0.886 bits per heavy atom. The van der Waals surface area contributed by atoms with Crippen LogP contribution in [0.2, 0.25) is 0 Å². The first-order chi connectivity index (χ1) is 17.1. The number of likely N-dealkylation sites (tertiary alicyclic amines) is 1. The van der Waals surface area contributed by atoms with Crippen LogP contribution in [0.1, 0.15) is 57.8 Å².